The third kappa shape index (κ3) is 4.44. The summed E-state index contributed by atoms with van der Waals surface area (Å²) in [4.78, 5) is 51.4. The summed E-state index contributed by atoms with van der Waals surface area (Å²) >= 11 is 6.47. The monoisotopic (exact) mass is 569 g/mol. The lowest BCUT2D eigenvalue weighted by Gasteiger charge is -2.39. The highest BCUT2D eigenvalue weighted by atomic mass is 35.5. The summed E-state index contributed by atoms with van der Waals surface area (Å²) in [6.07, 6.45) is 0.801. The summed E-state index contributed by atoms with van der Waals surface area (Å²) in [7, 11) is 0. The molecule has 2 fully saturated rings. The molecule has 3 aromatic rings. The number of imidazole rings is 1. The Kier molecular flexibility index (Phi) is 6.62. The molecule has 1 aliphatic carbocycles. The third-order valence-corrected chi connectivity index (χ3v) is 7.95. The lowest BCUT2D eigenvalue weighted by molar-refractivity contribution is -0.166. The Morgan fingerprint density at radius 1 is 1.05 bits per heavy atom. The number of rotatable bonds is 6. The molecule has 1 aromatic carbocycles. The molecule has 210 valence electrons. The normalized spacial score (nSPS) is 24.6. The van der Waals surface area contributed by atoms with Crippen LogP contribution in [0.2, 0.25) is 5.28 Å². The summed E-state index contributed by atoms with van der Waals surface area (Å²) in [6.45, 7) is 4.25. The van der Waals surface area contributed by atoms with E-state index in [-0.39, 0.29) is 17.3 Å². The van der Waals surface area contributed by atoms with E-state index in [0.717, 1.165) is 25.1 Å². The molecular weight excluding hydrogens is 542 g/mol. The van der Waals surface area contributed by atoms with Gasteiger partial charge in [-0.2, -0.15) is 9.97 Å². The molecule has 3 aliphatic rings. The molecule has 12 nitrogen and oxygen atoms in total. The Hall–Kier alpha value is -3.77. The minimum atomic E-state index is -1.08. The second-order valence-corrected chi connectivity index (χ2v) is 10.7. The molecule has 0 radical (unpaired) electrons. The lowest BCUT2D eigenvalue weighted by atomic mass is 9.66. The van der Waals surface area contributed by atoms with Crippen molar-refractivity contribution in [2.24, 2.45) is 0 Å². The van der Waals surface area contributed by atoms with Crippen molar-refractivity contribution in [3.05, 3.63) is 41.4 Å². The highest BCUT2D eigenvalue weighted by Crippen LogP contribution is 2.54. The van der Waals surface area contributed by atoms with Crippen LogP contribution in [0.4, 0.5) is 11.5 Å². The molecule has 0 bridgehead atoms. The number of esters is 3. The van der Waals surface area contributed by atoms with Gasteiger partial charge in [0.15, 0.2) is 35.4 Å². The van der Waals surface area contributed by atoms with Gasteiger partial charge < -0.3 is 23.8 Å². The van der Waals surface area contributed by atoms with Gasteiger partial charge >= 0.3 is 17.9 Å². The van der Waals surface area contributed by atoms with Crippen LogP contribution in [0.1, 0.15) is 51.8 Å². The Balaban J connectivity index is 1.42. The van der Waals surface area contributed by atoms with Gasteiger partial charge in [0.2, 0.25) is 5.28 Å². The Morgan fingerprint density at radius 2 is 1.77 bits per heavy atom. The SMILES string of the molecule is CC(=O)OC[C@H]1O[C@@H](n2cnc3c(N4CC5(CCC5)c5ccccc54)nc(Cl)nc32)[C@H](OC(C)=O)[C@@H]1OC(C)=O. The highest BCUT2D eigenvalue weighted by Gasteiger charge is 2.52. The van der Waals surface area contributed by atoms with Crippen LogP contribution in [-0.2, 0) is 38.7 Å². The molecule has 6 rings (SSSR count). The van der Waals surface area contributed by atoms with E-state index < -0.39 is 42.4 Å². The Morgan fingerprint density at radius 3 is 2.45 bits per heavy atom. The molecule has 0 N–H and O–H groups in total. The lowest BCUT2D eigenvalue weighted by Crippen LogP contribution is -2.40. The van der Waals surface area contributed by atoms with E-state index in [2.05, 4.69) is 38.1 Å². The number of benzene rings is 1. The minimum absolute atomic E-state index is 0.00585. The van der Waals surface area contributed by atoms with Gasteiger partial charge in [-0.3, -0.25) is 19.0 Å². The number of fused-ring (bicyclic) bond motifs is 3. The average molecular weight is 570 g/mol. The maximum Gasteiger partial charge on any atom is 0.303 e. The third-order valence-electron chi connectivity index (χ3n) is 7.78. The van der Waals surface area contributed by atoms with Crippen LogP contribution in [0, 0.1) is 0 Å². The molecule has 1 spiro atoms. The largest absolute Gasteiger partial charge is 0.463 e. The van der Waals surface area contributed by atoms with E-state index in [9.17, 15) is 14.4 Å². The maximum atomic E-state index is 12.1. The van der Waals surface area contributed by atoms with Gasteiger partial charge in [-0.1, -0.05) is 24.6 Å². The Labute approximate surface area is 234 Å². The first-order valence-electron chi connectivity index (χ1n) is 13.1. The van der Waals surface area contributed by atoms with E-state index in [1.807, 2.05) is 6.07 Å². The van der Waals surface area contributed by atoms with Crippen molar-refractivity contribution in [2.45, 2.75) is 70.0 Å². The number of hydrogen-bond donors (Lipinski definition) is 0. The zero-order valence-electron chi connectivity index (χ0n) is 22.2. The van der Waals surface area contributed by atoms with E-state index in [4.69, 9.17) is 30.5 Å². The number of para-hydroxylation sites is 1. The molecule has 2 aliphatic heterocycles. The number of nitrogens with zero attached hydrogens (tertiary/aromatic N) is 5. The number of aromatic nitrogens is 4. The van der Waals surface area contributed by atoms with Crippen molar-refractivity contribution in [1.82, 2.24) is 19.5 Å². The molecular formula is C27H28ClN5O7. The predicted molar refractivity (Wildman–Crippen MR) is 141 cm³/mol. The van der Waals surface area contributed by atoms with Crippen molar-refractivity contribution in [3.8, 4) is 0 Å². The van der Waals surface area contributed by atoms with Crippen LogP contribution in [0.15, 0.2) is 30.6 Å². The fourth-order valence-electron chi connectivity index (χ4n) is 6.02. The molecule has 13 heteroatoms. The number of anilines is 2. The summed E-state index contributed by atoms with van der Waals surface area (Å²) < 4.78 is 24.0. The summed E-state index contributed by atoms with van der Waals surface area (Å²) in [5.41, 5.74) is 3.24. The summed E-state index contributed by atoms with van der Waals surface area (Å²) in [5.74, 6) is -1.20. The van der Waals surface area contributed by atoms with E-state index >= 15 is 0 Å². The van der Waals surface area contributed by atoms with Gasteiger partial charge in [0.1, 0.15) is 12.7 Å². The van der Waals surface area contributed by atoms with Crippen LogP contribution in [0.25, 0.3) is 11.2 Å². The van der Waals surface area contributed by atoms with Gasteiger partial charge in [0, 0.05) is 38.4 Å². The van der Waals surface area contributed by atoms with Crippen molar-refractivity contribution in [1.29, 1.82) is 0 Å². The second kappa shape index (κ2) is 10.0. The smallest absolute Gasteiger partial charge is 0.303 e. The van der Waals surface area contributed by atoms with Crippen LogP contribution >= 0.6 is 11.6 Å². The van der Waals surface area contributed by atoms with E-state index in [1.165, 1.54) is 39.1 Å². The molecule has 1 saturated carbocycles. The number of halogens is 1. The zero-order chi connectivity index (χ0) is 28.2. The van der Waals surface area contributed by atoms with Crippen molar-refractivity contribution in [3.63, 3.8) is 0 Å². The van der Waals surface area contributed by atoms with Gasteiger partial charge in [-0.05, 0) is 36.1 Å². The molecule has 0 amide bonds. The fourth-order valence-corrected chi connectivity index (χ4v) is 6.18. The number of carbonyl (C=O) groups is 3. The zero-order valence-corrected chi connectivity index (χ0v) is 23.0. The second-order valence-electron chi connectivity index (χ2n) is 10.4. The first-order valence-corrected chi connectivity index (χ1v) is 13.4. The number of carbonyl (C=O) groups excluding carboxylic acids is 3. The Bertz CT molecular complexity index is 1510. The number of ether oxygens (including phenoxy) is 4. The summed E-state index contributed by atoms with van der Waals surface area (Å²) in [5, 5.41) is 0.00585. The fraction of sp³-hybridized carbons (Fsp3) is 0.481. The minimum Gasteiger partial charge on any atom is -0.463 e. The standard InChI is InChI=1S/C27H28ClN5O7/c1-14(34)37-11-19-21(38-15(2)35)22(39-16(3)36)25(40-19)33-13-29-20-23(30-26(28)31-24(20)33)32-12-27(9-6-10-27)17-7-4-5-8-18(17)32/h4-5,7-8,13,19,21-22,25H,6,9-12H2,1-3H3/t19-,21-,22-,25-/m1/s1. The predicted octanol–water partition coefficient (Wildman–Crippen LogP) is 3.38. The molecule has 40 heavy (non-hydrogen) atoms. The molecule has 1 saturated heterocycles. The van der Waals surface area contributed by atoms with E-state index in [0.29, 0.717) is 17.0 Å². The molecule has 0 unspecified atom stereocenters. The van der Waals surface area contributed by atoms with Crippen molar-refractivity contribution in [2.75, 3.05) is 18.1 Å². The van der Waals surface area contributed by atoms with Gasteiger partial charge in [-0.15, -0.1) is 0 Å². The van der Waals surface area contributed by atoms with Crippen LogP contribution < -0.4 is 4.90 Å². The van der Waals surface area contributed by atoms with Gasteiger partial charge in [0.25, 0.3) is 0 Å². The van der Waals surface area contributed by atoms with Crippen LogP contribution in [0.5, 0.6) is 0 Å². The topological polar surface area (TPSA) is 135 Å². The van der Waals surface area contributed by atoms with Crippen molar-refractivity contribution >= 4 is 52.2 Å². The van der Waals surface area contributed by atoms with Gasteiger partial charge in [0.05, 0.1) is 6.33 Å². The maximum absolute atomic E-state index is 12.1. The molecule has 2 aromatic heterocycles. The molecule has 4 atom stereocenters. The first-order chi connectivity index (χ1) is 19.2. The van der Waals surface area contributed by atoms with Crippen LogP contribution in [-0.4, -0.2) is 68.9 Å². The first kappa shape index (κ1) is 26.5. The van der Waals surface area contributed by atoms with Crippen molar-refractivity contribution < 1.29 is 33.3 Å². The molecule has 4 heterocycles. The van der Waals surface area contributed by atoms with E-state index in [1.54, 1.807) is 4.57 Å². The highest BCUT2D eigenvalue weighted by molar-refractivity contribution is 6.28. The quantitative estimate of drug-likeness (QED) is 0.245. The van der Waals surface area contributed by atoms with Gasteiger partial charge in [-0.25, -0.2) is 4.98 Å². The summed E-state index contributed by atoms with van der Waals surface area (Å²) in [6, 6.07) is 8.29. The van der Waals surface area contributed by atoms with Crippen LogP contribution in [0.3, 0.4) is 0 Å². The average Bonchev–Trinajstić information content (AvgIpc) is 3.54. The number of hydrogen-bond acceptors (Lipinski definition) is 11.